The maximum absolute atomic E-state index is 2.77. The number of nitrogens with zero attached hydrogens (tertiary/aromatic N) is 1. The average molecular weight is 332 g/mol. The molecular formula is C24H29N. The smallest absolute Gasteiger partial charge is 0.0356 e. The van der Waals surface area contributed by atoms with Crippen LogP contribution in [0.1, 0.15) is 56.2 Å². The van der Waals surface area contributed by atoms with E-state index in [0.717, 1.165) is 6.42 Å². The zero-order chi connectivity index (χ0) is 17.1. The van der Waals surface area contributed by atoms with Gasteiger partial charge in [0, 0.05) is 18.6 Å². The first-order valence-electron chi connectivity index (χ1n) is 9.88. The van der Waals surface area contributed by atoms with Crippen LogP contribution in [0.15, 0.2) is 71.8 Å². The topological polar surface area (TPSA) is 3.24 Å². The number of benzene rings is 2. The molecule has 0 spiro atoms. The van der Waals surface area contributed by atoms with Crippen LogP contribution in [-0.2, 0) is 6.42 Å². The normalized spacial score (nSPS) is 22.5. The predicted octanol–water partition coefficient (Wildman–Crippen LogP) is 5.94. The van der Waals surface area contributed by atoms with Crippen LogP contribution in [0, 0.1) is 0 Å². The number of hydrogen-bond donors (Lipinski definition) is 0. The van der Waals surface area contributed by atoms with Gasteiger partial charge in [-0.15, -0.1) is 0 Å². The average Bonchev–Trinajstić information content (AvgIpc) is 2.69. The van der Waals surface area contributed by atoms with E-state index in [4.69, 9.17) is 0 Å². The van der Waals surface area contributed by atoms with Crippen LogP contribution in [0.25, 0.3) is 0 Å². The first-order chi connectivity index (χ1) is 12.3. The molecule has 0 unspecified atom stereocenters. The van der Waals surface area contributed by atoms with Crippen molar-refractivity contribution in [3.63, 3.8) is 0 Å². The third kappa shape index (κ3) is 3.57. The number of rotatable bonds is 4. The van der Waals surface area contributed by atoms with E-state index in [-0.39, 0.29) is 0 Å². The van der Waals surface area contributed by atoms with Crippen LogP contribution in [0.3, 0.4) is 0 Å². The van der Waals surface area contributed by atoms with Gasteiger partial charge in [0.15, 0.2) is 0 Å². The molecule has 130 valence electrons. The molecule has 2 aromatic carbocycles. The van der Waals surface area contributed by atoms with Gasteiger partial charge in [-0.1, -0.05) is 71.8 Å². The van der Waals surface area contributed by atoms with Crippen molar-refractivity contribution in [2.24, 2.45) is 0 Å². The van der Waals surface area contributed by atoms with Gasteiger partial charge in [0.1, 0.15) is 0 Å². The monoisotopic (exact) mass is 331 g/mol. The Balaban J connectivity index is 1.66. The molecule has 0 bridgehead atoms. The van der Waals surface area contributed by atoms with Crippen LogP contribution in [0.5, 0.6) is 0 Å². The largest absolute Gasteiger partial charge is 0.289 e. The maximum atomic E-state index is 2.77. The van der Waals surface area contributed by atoms with Crippen molar-refractivity contribution in [2.45, 2.75) is 57.5 Å². The minimum atomic E-state index is 0.478. The summed E-state index contributed by atoms with van der Waals surface area (Å²) in [6.45, 7) is 3.59. The molecule has 4 rings (SSSR count). The Morgan fingerprint density at radius 2 is 1.56 bits per heavy atom. The van der Waals surface area contributed by atoms with Gasteiger partial charge in [-0.25, -0.2) is 0 Å². The maximum Gasteiger partial charge on any atom is 0.0356 e. The van der Waals surface area contributed by atoms with E-state index >= 15 is 0 Å². The van der Waals surface area contributed by atoms with Gasteiger partial charge in [-0.2, -0.15) is 0 Å². The Labute approximate surface area is 152 Å². The minimum absolute atomic E-state index is 0.478. The van der Waals surface area contributed by atoms with Gasteiger partial charge in [-0.3, -0.25) is 4.90 Å². The molecule has 0 N–H and O–H groups in total. The third-order valence-corrected chi connectivity index (χ3v) is 6.15. The minimum Gasteiger partial charge on any atom is -0.289 e. The fraction of sp³-hybridized carbons (Fsp3) is 0.417. The summed E-state index contributed by atoms with van der Waals surface area (Å²) in [6.07, 6.45) is 7.84. The van der Waals surface area contributed by atoms with Gasteiger partial charge < -0.3 is 0 Å². The van der Waals surface area contributed by atoms with E-state index in [1.54, 1.807) is 11.1 Å². The first kappa shape index (κ1) is 16.6. The molecule has 1 heteroatoms. The molecule has 0 fully saturated rings. The van der Waals surface area contributed by atoms with Crippen molar-refractivity contribution in [1.82, 2.24) is 4.90 Å². The van der Waals surface area contributed by atoms with Crippen molar-refractivity contribution in [3.8, 4) is 0 Å². The highest BCUT2D eigenvalue weighted by atomic mass is 15.2. The highest BCUT2D eigenvalue weighted by molar-refractivity contribution is 5.31. The Bertz CT molecular complexity index is 716. The Kier molecular flexibility index (Phi) is 5.03. The molecule has 2 atom stereocenters. The Hall–Kier alpha value is -1.86. The summed E-state index contributed by atoms with van der Waals surface area (Å²) in [5.74, 6) is 0. The molecule has 0 amide bonds. The van der Waals surface area contributed by atoms with Crippen molar-refractivity contribution in [2.75, 3.05) is 6.54 Å². The SMILES string of the molecule is C[C@H](c1ccccc1)N1CCC2=C(CCCC2)[C@H]1Cc1ccccc1. The van der Waals surface area contributed by atoms with Gasteiger partial charge in [-0.05, 0) is 56.6 Å². The van der Waals surface area contributed by atoms with Gasteiger partial charge >= 0.3 is 0 Å². The predicted molar refractivity (Wildman–Crippen MR) is 106 cm³/mol. The van der Waals surface area contributed by atoms with Gasteiger partial charge in [0.2, 0.25) is 0 Å². The second-order valence-corrected chi connectivity index (χ2v) is 7.62. The molecule has 2 aliphatic rings. The molecule has 25 heavy (non-hydrogen) atoms. The second kappa shape index (κ2) is 7.58. The van der Waals surface area contributed by atoms with Crippen LogP contribution < -0.4 is 0 Å². The first-order valence-corrected chi connectivity index (χ1v) is 9.88. The van der Waals surface area contributed by atoms with E-state index in [9.17, 15) is 0 Å². The van der Waals surface area contributed by atoms with Crippen molar-refractivity contribution < 1.29 is 0 Å². The molecule has 0 saturated carbocycles. The van der Waals surface area contributed by atoms with Crippen LogP contribution in [0.4, 0.5) is 0 Å². The van der Waals surface area contributed by atoms with E-state index < -0.39 is 0 Å². The fourth-order valence-corrected chi connectivity index (χ4v) is 4.76. The van der Waals surface area contributed by atoms with Gasteiger partial charge in [0.05, 0.1) is 0 Å². The van der Waals surface area contributed by atoms with Crippen LogP contribution in [-0.4, -0.2) is 17.5 Å². The summed E-state index contributed by atoms with van der Waals surface area (Å²) in [4.78, 5) is 2.77. The van der Waals surface area contributed by atoms with Crippen molar-refractivity contribution >= 4 is 0 Å². The lowest BCUT2D eigenvalue weighted by Crippen LogP contribution is -2.44. The zero-order valence-electron chi connectivity index (χ0n) is 15.3. The summed E-state index contributed by atoms with van der Waals surface area (Å²) in [7, 11) is 0. The molecule has 0 saturated heterocycles. The summed E-state index contributed by atoms with van der Waals surface area (Å²) in [6, 6.07) is 23.2. The lowest BCUT2D eigenvalue weighted by atomic mass is 9.79. The van der Waals surface area contributed by atoms with E-state index in [1.165, 1.54) is 49.8 Å². The van der Waals surface area contributed by atoms with Gasteiger partial charge in [0.25, 0.3) is 0 Å². The highest BCUT2D eigenvalue weighted by Crippen LogP contribution is 2.39. The summed E-state index contributed by atoms with van der Waals surface area (Å²) in [5.41, 5.74) is 6.46. The summed E-state index contributed by atoms with van der Waals surface area (Å²) < 4.78 is 0. The highest BCUT2D eigenvalue weighted by Gasteiger charge is 2.33. The zero-order valence-corrected chi connectivity index (χ0v) is 15.3. The van der Waals surface area contributed by atoms with Crippen LogP contribution in [0.2, 0.25) is 0 Å². The molecule has 1 aliphatic carbocycles. The summed E-state index contributed by atoms with van der Waals surface area (Å²) >= 11 is 0. The fourth-order valence-electron chi connectivity index (χ4n) is 4.76. The Morgan fingerprint density at radius 3 is 2.32 bits per heavy atom. The molecule has 0 aromatic heterocycles. The van der Waals surface area contributed by atoms with Crippen molar-refractivity contribution in [1.29, 1.82) is 0 Å². The van der Waals surface area contributed by atoms with Crippen molar-refractivity contribution in [3.05, 3.63) is 82.9 Å². The molecule has 1 heterocycles. The second-order valence-electron chi connectivity index (χ2n) is 7.62. The Morgan fingerprint density at radius 1 is 0.880 bits per heavy atom. The van der Waals surface area contributed by atoms with E-state index in [2.05, 4.69) is 72.5 Å². The number of hydrogen-bond acceptors (Lipinski definition) is 1. The molecule has 2 aromatic rings. The van der Waals surface area contributed by atoms with E-state index in [0.29, 0.717) is 12.1 Å². The molecule has 1 aliphatic heterocycles. The standard InChI is InChI=1S/C24H29N/c1-19(21-12-6-3-7-13-21)25-17-16-22-14-8-9-15-23(22)24(25)18-20-10-4-2-5-11-20/h2-7,10-13,19,24H,8-9,14-18H2,1H3/t19-,24-/m1/s1. The molecular weight excluding hydrogens is 302 g/mol. The van der Waals surface area contributed by atoms with E-state index in [1.807, 2.05) is 0 Å². The summed E-state index contributed by atoms with van der Waals surface area (Å²) in [5, 5.41) is 0. The molecule has 1 nitrogen and oxygen atoms in total. The lowest BCUT2D eigenvalue weighted by molar-refractivity contribution is 0.146. The third-order valence-electron chi connectivity index (χ3n) is 6.15. The molecule has 0 radical (unpaired) electrons. The van der Waals surface area contributed by atoms with Crippen LogP contribution >= 0.6 is 0 Å². The quantitative estimate of drug-likeness (QED) is 0.627. The lowest BCUT2D eigenvalue weighted by Gasteiger charge is -2.44.